The SMILES string of the molecule is CC[C@@H](CO)Nc1ncc2nc(Nc3c(Cl)cc(Cl)cc3Cl)n(C3CCC(C(N)=O)CC3)c2n1. The molecule has 2 aromatic heterocycles. The Labute approximate surface area is 212 Å². The van der Waals surface area contributed by atoms with Crippen LogP contribution < -0.4 is 16.4 Å². The van der Waals surface area contributed by atoms with Crippen LogP contribution in [0.1, 0.15) is 45.1 Å². The molecule has 1 amide bonds. The van der Waals surface area contributed by atoms with Crippen molar-refractivity contribution in [1.29, 1.82) is 0 Å². The second-order valence-corrected chi connectivity index (χ2v) is 9.67. The normalized spacial score (nSPS) is 19.2. The number of carbonyl (C=O) groups excluding carboxylic acids is 1. The molecule has 1 aliphatic rings. The highest BCUT2D eigenvalue weighted by atomic mass is 35.5. The Bertz CT molecular complexity index is 1170. The Morgan fingerprint density at radius 2 is 1.88 bits per heavy atom. The van der Waals surface area contributed by atoms with Gasteiger partial charge in [0.05, 0.1) is 34.6 Å². The first-order valence-corrected chi connectivity index (χ1v) is 12.3. The molecule has 1 fully saturated rings. The number of imidazole rings is 1. The van der Waals surface area contributed by atoms with Crippen LogP contribution >= 0.6 is 34.8 Å². The largest absolute Gasteiger partial charge is 0.394 e. The molecule has 0 aliphatic heterocycles. The lowest BCUT2D eigenvalue weighted by molar-refractivity contribution is -0.122. The summed E-state index contributed by atoms with van der Waals surface area (Å²) in [6.45, 7) is 1.93. The number of nitrogens with two attached hydrogens (primary N) is 1. The second-order valence-electron chi connectivity index (χ2n) is 8.42. The number of hydrogen-bond acceptors (Lipinski definition) is 7. The molecule has 1 aliphatic carbocycles. The predicted molar refractivity (Wildman–Crippen MR) is 135 cm³/mol. The fourth-order valence-electron chi connectivity index (χ4n) is 4.25. The van der Waals surface area contributed by atoms with Crippen LogP contribution in [-0.4, -0.2) is 43.2 Å². The Hall–Kier alpha value is -2.33. The number of aromatic nitrogens is 4. The van der Waals surface area contributed by atoms with Crippen molar-refractivity contribution in [3.8, 4) is 0 Å². The molecule has 0 bridgehead atoms. The number of fused-ring (bicyclic) bond motifs is 1. The van der Waals surface area contributed by atoms with Crippen LogP contribution in [0.5, 0.6) is 0 Å². The lowest BCUT2D eigenvalue weighted by Crippen LogP contribution is -2.29. The molecular weight excluding hydrogens is 501 g/mol. The molecule has 2 heterocycles. The molecule has 1 atom stereocenters. The minimum atomic E-state index is -0.268. The van der Waals surface area contributed by atoms with Gasteiger partial charge in [0.1, 0.15) is 5.52 Å². The molecule has 0 spiro atoms. The third-order valence-electron chi connectivity index (χ3n) is 6.19. The van der Waals surface area contributed by atoms with E-state index in [2.05, 4.69) is 15.6 Å². The van der Waals surface area contributed by atoms with Crippen molar-refractivity contribution in [1.82, 2.24) is 19.5 Å². The van der Waals surface area contributed by atoms with Crippen molar-refractivity contribution in [3.05, 3.63) is 33.4 Å². The van der Waals surface area contributed by atoms with E-state index in [1.807, 2.05) is 11.5 Å². The third kappa shape index (κ3) is 5.17. The van der Waals surface area contributed by atoms with E-state index in [1.54, 1.807) is 18.3 Å². The number of aliphatic hydroxyl groups is 1. The Morgan fingerprint density at radius 1 is 1.21 bits per heavy atom. The van der Waals surface area contributed by atoms with Gasteiger partial charge in [-0.2, -0.15) is 4.98 Å². The first-order valence-electron chi connectivity index (χ1n) is 11.1. The summed E-state index contributed by atoms with van der Waals surface area (Å²) in [6, 6.07) is 3.06. The van der Waals surface area contributed by atoms with Crippen molar-refractivity contribution in [2.24, 2.45) is 11.7 Å². The summed E-state index contributed by atoms with van der Waals surface area (Å²) < 4.78 is 2.00. The smallest absolute Gasteiger partial charge is 0.225 e. The van der Waals surface area contributed by atoms with Crippen LogP contribution in [0.4, 0.5) is 17.6 Å². The second kappa shape index (κ2) is 10.5. The maximum atomic E-state index is 11.7. The van der Waals surface area contributed by atoms with Crippen LogP contribution in [0.3, 0.4) is 0 Å². The molecule has 3 aromatic rings. The van der Waals surface area contributed by atoms with Gasteiger partial charge in [-0.15, -0.1) is 0 Å². The summed E-state index contributed by atoms with van der Waals surface area (Å²) in [5.74, 6) is 0.499. The van der Waals surface area contributed by atoms with Gasteiger partial charge in [-0.05, 0) is 44.2 Å². The highest BCUT2D eigenvalue weighted by Gasteiger charge is 2.29. The van der Waals surface area contributed by atoms with E-state index in [4.69, 9.17) is 50.5 Å². The summed E-state index contributed by atoms with van der Waals surface area (Å²) in [5.41, 5.74) is 7.22. The monoisotopic (exact) mass is 525 g/mol. The van der Waals surface area contributed by atoms with Gasteiger partial charge < -0.3 is 21.5 Å². The van der Waals surface area contributed by atoms with Gasteiger partial charge in [0.25, 0.3) is 0 Å². The van der Waals surface area contributed by atoms with Gasteiger partial charge in [-0.3, -0.25) is 9.36 Å². The molecule has 182 valence electrons. The van der Waals surface area contributed by atoms with E-state index in [-0.39, 0.29) is 30.5 Å². The van der Waals surface area contributed by atoms with Crippen LogP contribution in [0.2, 0.25) is 15.1 Å². The fraction of sp³-hybridized carbons (Fsp3) is 0.455. The maximum absolute atomic E-state index is 11.7. The topological polar surface area (TPSA) is 131 Å². The molecule has 1 aromatic carbocycles. The van der Waals surface area contributed by atoms with Gasteiger partial charge >= 0.3 is 0 Å². The highest BCUT2D eigenvalue weighted by molar-refractivity contribution is 6.41. The Morgan fingerprint density at radius 3 is 2.47 bits per heavy atom. The molecule has 1 saturated carbocycles. The van der Waals surface area contributed by atoms with Crippen molar-refractivity contribution in [2.45, 2.75) is 51.1 Å². The molecule has 12 heteroatoms. The van der Waals surface area contributed by atoms with Gasteiger partial charge in [0.2, 0.25) is 17.8 Å². The molecule has 5 N–H and O–H groups in total. The molecule has 0 unspecified atom stereocenters. The van der Waals surface area contributed by atoms with Crippen LogP contribution in [0.15, 0.2) is 18.3 Å². The van der Waals surface area contributed by atoms with E-state index >= 15 is 0 Å². The standard InChI is InChI=1S/C22H26Cl3N7O2/c1-2-13(10-33)28-21-27-9-17-20(31-21)32(14-5-3-11(4-6-14)19(26)34)22(29-17)30-18-15(24)7-12(23)8-16(18)25/h7-9,11,13-14,33H,2-6,10H2,1H3,(H2,26,34)(H,29,30)(H,27,28,31)/t11?,13-,14?/m0/s1. The zero-order chi connectivity index (χ0) is 24.4. The zero-order valence-corrected chi connectivity index (χ0v) is 20.8. The number of rotatable bonds is 8. The lowest BCUT2D eigenvalue weighted by Gasteiger charge is -2.29. The maximum Gasteiger partial charge on any atom is 0.225 e. The summed E-state index contributed by atoms with van der Waals surface area (Å²) in [6.07, 6.45) is 5.18. The van der Waals surface area contributed by atoms with E-state index in [9.17, 15) is 9.90 Å². The summed E-state index contributed by atoms with van der Waals surface area (Å²) >= 11 is 18.9. The lowest BCUT2D eigenvalue weighted by atomic mass is 9.85. The number of nitrogens with one attached hydrogen (secondary N) is 2. The minimum absolute atomic E-state index is 0.0236. The molecule has 0 saturated heterocycles. The number of amides is 1. The van der Waals surface area contributed by atoms with Crippen LogP contribution in [0.25, 0.3) is 11.2 Å². The van der Waals surface area contributed by atoms with Crippen molar-refractivity contribution in [3.63, 3.8) is 0 Å². The molecule has 34 heavy (non-hydrogen) atoms. The van der Waals surface area contributed by atoms with Crippen LogP contribution in [0, 0.1) is 5.92 Å². The predicted octanol–water partition coefficient (Wildman–Crippen LogP) is 4.93. The molecule has 4 rings (SSSR count). The number of anilines is 3. The average molecular weight is 527 g/mol. The number of halogens is 3. The summed E-state index contributed by atoms with van der Waals surface area (Å²) in [7, 11) is 0. The zero-order valence-electron chi connectivity index (χ0n) is 18.6. The first-order chi connectivity index (χ1) is 16.3. The molecule has 9 nitrogen and oxygen atoms in total. The molecule has 0 radical (unpaired) electrons. The number of hydrogen-bond donors (Lipinski definition) is 4. The van der Waals surface area contributed by atoms with Crippen molar-refractivity contribution in [2.75, 3.05) is 17.2 Å². The highest BCUT2D eigenvalue weighted by Crippen LogP contribution is 2.40. The Kier molecular flexibility index (Phi) is 7.67. The number of nitrogens with zero attached hydrogens (tertiary/aromatic N) is 4. The van der Waals surface area contributed by atoms with Crippen molar-refractivity contribution < 1.29 is 9.90 Å². The van der Waals surface area contributed by atoms with E-state index in [1.165, 1.54) is 0 Å². The first kappa shape index (κ1) is 24.8. The van der Waals surface area contributed by atoms with E-state index < -0.39 is 0 Å². The van der Waals surface area contributed by atoms with Crippen molar-refractivity contribution >= 4 is 69.5 Å². The average Bonchev–Trinajstić information content (AvgIpc) is 3.17. The van der Waals surface area contributed by atoms with Gasteiger partial charge in [0.15, 0.2) is 5.65 Å². The Balaban J connectivity index is 1.76. The minimum Gasteiger partial charge on any atom is -0.394 e. The number of primary amides is 1. The quantitative estimate of drug-likeness (QED) is 0.327. The number of benzene rings is 1. The van der Waals surface area contributed by atoms with Crippen LogP contribution in [-0.2, 0) is 4.79 Å². The summed E-state index contributed by atoms with van der Waals surface area (Å²) in [4.78, 5) is 25.5. The number of aliphatic hydroxyl groups excluding tert-OH is 1. The molecular formula is C22H26Cl3N7O2. The fourth-order valence-corrected chi connectivity index (χ4v) is 5.16. The van der Waals surface area contributed by atoms with Gasteiger partial charge in [0, 0.05) is 17.0 Å². The van der Waals surface area contributed by atoms with Gasteiger partial charge in [-0.1, -0.05) is 41.7 Å². The number of carbonyl (C=O) groups is 1. The van der Waals surface area contributed by atoms with E-state index in [0.29, 0.717) is 63.1 Å². The van der Waals surface area contributed by atoms with E-state index in [0.717, 1.165) is 12.8 Å². The third-order valence-corrected chi connectivity index (χ3v) is 7.00. The van der Waals surface area contributed by atoms with Gasteiger partial charge in [-0.25, -0.2) is 9.97 Å². The summed E-state index contributed by atoms with van der Waals surface area (Å²) in [5, 5.41) is 17.1.